The summed E-state index contributed by atoms with van der Waals surface area (Å²) in [5.74, 6) is 0. The minimum absolute atomic E-state index is 1.04. The van der Waals surface area contributed by atoms with Crippen molar-refractivity contribution in [1.29, 1.82) is 0 Å². The highest BCUT2D eigenvalue weighted by molar-refractivity contribution is 4.85. The second kappa shape index (κ2) is 5.45. The number of hydrogen-bond donors (Lipinski definition) is 0. The van der Waals surface area contributed by atoms with Gasteiger partial charge in [0.1, 0.15) is 0 Å². The van der Waals surface area contributed by atoms with E-state index in [1.807, 2.05) is 0 Å². The summed E-state index contributed by atoms with van der Waals surface area (Å²) in [5, 5.41) is 0. The third-order valence-corrected chi connectivity index (χ3v) is 1.11. The number of rotatable bonds is 4. The van der Waals surface area contributed by atoms with Crippen LogP contribution in [-0.4, -0.2) is 51.1 Å². The van der Waals surface area contributed by atoms with Crippen LogP contribution in [0.2, 0.25) is 0 Å². The monoisotopic (exact) mass is 142 g/mol. The molecule has 0 aromatic carbocycles. The molecule has 0 rings (SSSR count). The second-order valence-electron chi connectivity index (χ2n) is 3.00. The van der Waals surface area contributed by atoms with Crippen LogP contribution in [0.4, 0.5) is 0 Å². The van der Waals surface area contributed by atoms with Gasteiger partial charge in [0.2, 0.25) is 0 Å². The molecule has 0 fully saturated rings. The number of likely N-dealkylation sites (N-methyl/N-ethyl adjacent to an activating group) is 2. The minimum Gasteiger partial charge on any atom is -0.306 e. The van der Waals surface area contributed by atoms with Crippen molar-refractivity contribution >= 4 is 0 Å². The largest absolute Gasteiger partial charge is 0.306 e. The third-order valence-electron chi connectivity index (χ3n) is 1.11. The van der Waals surface area contributed by atoms with E-state index in [4.69, 9.17) is 0 Å². The van der Waals surface area contributed by atoms with Crippen LogP contribution in [0.15, 0.2) is 12.2 Å². The summed E-state index contributed by atoms with van der Waals surface area (Å²) in [6, 6.07) is 0. The summed E-state index contributed by atoms with van der Waals surface area (Å²) in [6.07, 6.45) is 4.36. The molecule has 0 aromatic rings. The van der Waals surface area contributed by atoms with Gasteiger partial charge in [0, 0.05) is 13.1 Å². The zero-order valence-corrected chi connectivity index (χ0v) is 7.46. The SMILES string of the molecule is CN(C)CC=CCN(C)C. The normalized spacial score (nSPS) is 12.2. The molecular weight excluding hydrogens is 124 g/mol. The molecule has 0 heterocycles. The maximum absolute atomic E-state index is 2.18. The van der Waals surface area contributed by atoms with Crippen LogP contribution < -0.4 is 0 Å². The second-order valence-corrected chi connectivity index (χ2v) is 3.00. The fourth-order valence-electron chi connectivity index (χ4n) is 0.571. The molecule has 0 aliphatic heterocycles. The fraction of sp³-hybridized carbons (Fsp3) is 0.750. The molecule has 0 spiro atoms. The van der Waals surface area contributed by atoms with Crippen LogP contribution in [0.5, 0.6) is 0 Å². The Morgan fingerprint density at radius 3 is 1.30 bits per heavy atom. The lowest BCUT2D eigenvalue weighted by molar-refractivity contribution is 0.444. The van der Waals surface area contributed by atoms with Gasteiger partial charge in [-0.25, -0.2) is 0 Å². The Morgan fingerprint density at radius 1 is 0.800 bits per heavy atom. The Labute approximate surface area is 64.1 Å². The quantitative estimate of drug-likeness (QED) is 0.532. The van der Waals surface area contributed by atoms with Crippen molar-refractivity contribution in [3.05, 3.63) is 12.2 Å². The molecule has 0 bridgehead atoms. The van der Waals surface area contributed by atoms with Gasteiger partial charge >= 0.3 is 0 Å². The highest BCUT2D eigenvalue weighted by Gasteiger charge is 1.83. The zero-order valence-electron chi connectivity index (χ0n) is 7.46. The van der Waals surface area contributed by atoms with Gasteiger partial charge in [0.15, 0.2) is 0 Å². The van der Waals surface area contributed by atoms with Crippen LogP contribution in [0, 0.1) is 0 Å². The van der Waals surface area contributed by atoms with Gasteiger partial charge in [-0.3, -0.25) is 0 Å². The summed E-state index contributed by atoms with van der Waals surface area (Å²) in [4.78, 5) is 4.29. The first-order valence-corrected chi connectivity index (χ1v) is 3.57. The van der Waals surface area contributed by atoms with Gasteiger partial charge in [-0.1, -0.05) is 12.2 Å². The Morgan fingerprint density at radius 2 is 1.10 bits per heavy atom. The van der Waals surface area contributed by atoms with E-state index in [-0.39, 0.29) is 0 Å². The Kier molecular flexibility index (Phi) is 5.26. The molecule has 0 saturated carbocycles. The zero-order chi connectivity index (χ0) is 7.98. The third kappa shape index (κ3) is 7.66. The molecule has 2 heteroatoms. The first kappa shape index (κ1) is 9.66. The molecule has 0 unspecified atom stereocenters. The molecule has 0 amide bonds. The van der Waals surface area contributed by atoms with Gasteiger partial charge < -0.3 is 9.80 Å². The van der Waals surface area contributed by atoms with Crippen molar-refractivity contribution in [2.75, 3.05) is 41.3 Å². The predicted octanol–water partition coefficient (Wildman–Crippen LogP) is 0.666. The van der Waals surface area contributed by atoms with Crippen LogP contribution in [0.25, 0.3) is 0 Å². The molecule has 0 aromatic heterocycles. The van der Waals surface area contributed by atoms with Gasteiger partial charge in [-0.2, -0.15) is 0 Å². The predicted molar refractivity (Wildman–Crippen MR) is 46.2 cm³/mol. The first-order chi connectivity index (χ1) is 4.63. The average molecular weight is 142 g/mol. The molecule has 60 valence electrons. The maximum atomic E-state index is 2.18. The summed E-state index contributed by atoms with van der Waals surface area (Å²) in [5.41, 5.74) is 0. The Hall–Kier alpha value is -0.340. The molecule has 10 heavy (non-hydrogen) atoms. The summed E-state index contributed by atoms with van der Waals surface area (Å²) in [7, 11) is 8.28. The summed E-state index contributed by atoms with van der Waals surface area (Å²) < 4.78 is 0. The van der Waals surface area contributed by atoms with Crippen LogP contribution in [0.1, 0.15) is 0 Å². The molecule has 0 atom stereocenters. The lowest BCUT2D eigenvalue weighted by Crippen LogP contribution is -2.13. The number of hydrogen-bond acceptors (Lipinski definition) is 2. The maximum Gasteiger partial charge on any atom is 0.0157 e. The summed E-state index contributed by atoms with van der Waals surface area (Å²) >= 11 is 0. The van der Waals surface area contributed by atoms with Crippen LogP contribution in [0.3, 0.4) is 0 Å². The van der Waals surface area contributed by atoms with Crippen molar-refractivity contribution in [3.63, 3.8) is 0 Å². The molecule has 2 nitrogen and oxygen atoms in total. The van der Waals surface area contributed by atoms with Crippen LogP contribution in [-0.2, 0) is 0 Å². The minimum atomic E-state index is 1.04. The molecule has 0 aliphatic carbocycles. The highest BCUT2D eigenvalue weighted by Crippen LogP contribution is 1.79. The van der Waals surface area contributed by atoms with E-state index in [1.54, 1.807) is 0 Å². The molecule has 0 aliphatic rings. The average Bonchev–Trinajstić information content (AvgIpc) is 1.79. The van der Waals surface area contributed by atoms with Gasteiger partial charge in [-0.05, 0) is 28.2 Å². The molecule has 0 N–H and O–H groups in total. The first-order valence-electron chi connectivity index (χ1n) is 3.57. The van der Waals surface area contributed by atoms with Crippen molar-refractivity contribution in [2.24, 2.45) is 0 Å². The Bertz CT molecular complexity index is 83.4. The fourth-order valence-corrected chi connectivity index (χ4v) is 0.571. The molecular formula is C8H18N2. The van der Waals surface area contributed by atoms with Crippen molar-refractivity contribution in [2.45, 2.75) is 0 Å². The smallest absolute Gasteiger partial charge is 0.0157 e. The standard InChI is InChI=1S/C8H18N2/c1-9(2)7-5-6-8-10(3)4/h5-6H,7-8H2,1-4H3. The van der Waals surface area contributed by atoms with Crippen molar-refractivity contribution < 1.29 is 0 Å². The van der Waals surface area contributed by atoms with Gasteiger partial charge in [0.25, 0.3) is 0 Å². The number of nitrogens with zero attached hydrogens (tertiary/aromatic N) is 2. The topological polar surface area (TPSA) is 6.48 Å². The van der Waals surface area contributed by atoms with E-state index >= 15 is 0 Å². The van der Waals surface area contributed by atoms with E-state index in [9.17, 15) is 0 Å². The lowest BCUT2D eigenvalue weighted by atomic mass is 10.4. The van der Waals surface area contributed by atoms with Crippen molar-refractivity contribution in [1.82, 2.24) is 9.80 Å². The van der Waals surface area contributed by atoms with Gasteiger partial charge in [-0.15, -0.1) is 0 Å². The molecule has 0 radical (unpaired) electrons. The van der Waals surface area contributed by atoms with E-state index < -0.39 is 0 Å². The van der Waals surface area contributed by atoms with Gasteiger partial charge in [0.05, 0.1) is 0 Å². The molecule has 0 saturated heterocycles. The van der Waals surface area contributed by atoms with E-state index in [2.05, 4.69) is 50.1 Å². The Balaban J connectivity index is 3.20. The van der Waals surface area contributed by atoms with Crippen molar-refractivity contribution in [3.8, 4) is 0 Å². The van der Waals surface area contributed by atoms with Crippen LogP contribution >= 0.6 is 0 Å². The van der Waals surface area contributed by atoms with E-state index in [1.165, 1.54) is 0 Å². The summed E-state index contributed by atoms with van der Waals surface area (Å²) in [6.45, 7) is 2.07. The lowest BCUT2D eigenvalue weighted by Gasteiger charge is -2.06. The van der Waals surface area contributed by atoms with E-state index in [0.29, 0.717) is 0 Å². The van der Waals surface area contributed by atoms with E-state index in [0.717, 1.165) is 13.1 Å². The highest BCUT2D eigenvalue weighted by atomic mass is 15.1.